The number of primary amides is 1. The predicted molar refractivity (Wildman–Crippen MR) is 140 cm³/mol. The van der Waals surface area contributed by atoms with Crippen LogP contribution in [0.25, 0.3) is 22.2 Å². The van der Waals surface area contributed by atoms with E-state index in [2.05, 4.69) is 15.3 Å². The number of hydrogen-bond acceptors (Lipinski definition) is 6. The molecule has 0 fully saturated rings. The Hall–Kier alpha value is -4.37. The fraction of sp³-hybridized carbons (Fsp3) is 0.241. The van der Waals surface area contributed by atoms with Crippen LogP contribution in [0.1, 0.15) is 41.0 Å². The molecule has 0 saturated heterocycles. The number of fused-ring (bicyclic) bond motifs is 2. The van der Waals surface area contributed by atoms with Gasteiger partial charge in [-0.3, -0.25) is 14.6 Å². The number of nitrogens with zero attached hydrogens (tertiary/aromatic N) is 2. The zero-order valence-electron chi connectivity index (χ0n) is 21.2. The standard InChI is InChI=1S/C29H27FN4O4/c1-16-10-19-11-18(6-9-22(19)32-13-16)26(35)33-14-29(3,37)23-12-21-25(38-15-28(21,2)27(31)36)24(34-23)17-4-7-20(30)8-5-17/h4-13,37H,14-15H2,1-3H3,(H2,31,36)(H,33,35)/t28-,29-/m0/s1. The van der Waals surface area contributed by atoms with E-state index in [0.29, 0.717) is 28.1 Å². The highest BCUT2D eigenvalue weighted by Gasteiger charge is 2.45. The Morgan fingerprint density at radius 1 is 1.18 bits per heavy atom. The van der Waals surface area contributed by atoms with E-state index in [1.54, 1.807) is 37.4 Å². The molecule has 0 spiro atoms. The van der Waals surface area contributed by atoms with Crippen LogP contribution in [0.5, 0.6) is 5.75 Å². The van der Waals surface area contributed by atoms with Gasteiger partial charge in [0.1, 0.15) is 34.9 Å². The van der Waals surface area contributed by atoms with E-state index < -0.39 is 22.7 Å². The van der Waals surface area contributed by atoms with Crippen molar-refractivity contribution in [2.75, 3.05) is 13.2 Å². The number of carbonyl (C=O) groups excluding carboxylic acids is 2. The summed E-state index contributed by atoms with van der Waals surface area (Å²) in [7, 11) is 0. The predicted octanol–water partition coefficient (Wildman–Crippen LogP) is 3.52. The summed E-state index contributed by atoms with van der Waals surface area (Å²) in [6.45, 7) is 4.94. The fourth-order valence-electron chi connectivity index (χ4n) is 4.49. The summed E-state index contributed by atoms with van der Waals surface area (Å²) in [6.07, 6.45) is 1.76. The molecule has 0 unspecified atom stereocenters. The number of amides is 2. The molecule has 2 aromatic heterocycles. The van der Waals surface area contributed by atoms with Gasteiger partial charge in [0.2, 0.25) is 5.91 Å². The minimum absolute atomic E-state index is 0.00612. The maximum Gasteiger partial charge on any atom is 0.251 e. The van der Waals surface area contributed by atoms with Crippen LogP contribution in [-0.4, -0.2) is 40.0 Å². The molecule has 3 heterocycles. The molecule has 2 amide bonds. The van der Waals surface area contributed by atoms with E-state index in [1.807, 2.05) is 13.0 Å². The average Bonchev–Trinajstić information content (AvgIpc) is 3.25. The van der Waals surface area contributed by atoms with Crippen molar-refractivity contribution < 1.29 is 23.8 Å². The number of benzene rings is 2. The molecule has 0 bridgehead atoms. The van der Waals surface area contributed by atoms with E-state index in [1.165, 1.54) is 31.2 Å². The minimum atomic E-state index is -1.63. The number of carbonyl (C=O) groups is 2. The van der Waals surface area contributed by atoms with Crippen molar-refractivity contribution >= 4 is 22.7 Å². The van der Waals surface area contributed by atoms with Crippen molar-refractivity contribution in [2.24, 2.45) is 5.73 Å². The normalized spacial score (nSPS) is 17.9. The maximum absolute atomic E-state index is 13.6. The largest absolute Gasteiger partial charge is 0.489 e. The summed E-state index contributed by atoms with van der Waals surface area (Å²) in [5, 5.41) is 15.0. The second kappa shape index (κ2) is 9.18. The Morgan fingerprint density at radius 3 is 2.63 bits per heavy atom. The number of hydrogen-bond donors (Lipinski definition) is 3. The van der Waals surface area contributed by atoms with Crippen molar-refractivity contribution in [3.63, 3.8) is 0 Å². The number of nitrogens with one attached hydrogen (secondary N) is 1. The number of nitrogens with two attached hydrogens (primary N) is 1. The lowest BCUT2D eigenvalue weighted by atomic mass is 9.82. The van der Waals surface area contributed by atoms with Gasteiger partial charge in [0.15, 0.2) is 0 Å². The first-order chi connectivity index (χ1) is 18.0. The van der Waals surface area contributed by atoms with Crippen molar-refractivity contribution in [3.05, 3.63) is 89.0 Å². The Kier molecular flexibility index (Phi) is 6.11. The van der Waals surface area contributed by atoms with Crippen LogP contribution in [-0.2, 0) is 15.8 Å². The van der Waals surface area contributed by atoms with Crippen molar-refractivity contribution in [2.45, 2.75) is 31.8 Å². The van der Waals surface area contributed by atoms with Crippen LogP contribution in [0.15, 0.2) is 60.8 Å². The summed E-state index contributed by atoms with van der Waals surface area (Å²) in [5.74, 6) is -1.04. The summed E-state index contributed by atoms with van der Waals surface area (Å²) < 4.78 is 19.4. The molecule has 4 N–H and O–H groups in total. The second-order valence-electron chi connectivity index (χ2n) is 10.1. The van der Waals surface area contributed by atoms with E-state index >= 15 is 0 Å². The van der Waals surface area contributed by atoms with Crippen molar-refractivity contribution in [1.82, 2.24) is 15.3 Å². The number of ether oxygens (including phenoxy) is 1. The highest BCUT2D eigenvalue weighted by atomic mass is 19.1. The molecule has 0 saturated carbocycles. The number of aromatic nitrogens is 2. The van der Waals surface area contributed by atoms with Gasteiger partial charge in [-0.15, -0.1) is 0 Å². The van der Waals surface area contributed by atoms with Gasteiger partial charge in [-0.05, 0) is 80.9 Å². The molecule has 5 rings (SSSR count). The molecule has 0 radical (unpaired) electrons. The summed E-state index contributed by atoms with van der Waals surface area (Å²) in [5.41, 5.74) is 6.65. The van der Waals surface area contributed by atoms with Crippen molar-refractivity contribution in [1.29, 1.82) is 0 Å². The highest BCUT2D eigenvalue weighted by molar-refractivity contribution is 5.98. The van der Waals surface area contributed by atoms with E-state index in [0.717, 1.165) is 16.5 Å². The first-order valence-corrected chi connectivity index (χ1v) is 12.1. The van der Waals surface area contributed by atoms with Crippen LogP contribution < -0.4 is 15.8 Å². The molecule has 2 aromatic carbocycles. The van der Waals surface area contributed by atoms with E-state index in [-0.39, 0.29) is 24.8 Å². The second-order valence-corrected chi connectivity index (χ2v) is 10.1. The molecule has 0 aliphatic carbocycles. The zero-order valence-corrected chi connectivity index (χ0v) is 21.2. The topological polar surface area (TPSA) is 127 Å². The van der Waals surface area contributed by atoms with Gasteiger partial charge < -0.3 is 20.9 Å². The van der Waals surface area contributed by atoms with Crippen LogP contribution in [0.4, 0.5) is 4.39 Å². The Balaban J connectivity index is 1.48. The van der Waals surface area contributed by atoms with Crippen LogP contribution >= 0.6 is 0 Å². The van der Waals surface area contributed by atoms with Gasteiger partial charge in [-0.2, -0.15) is 0 Å². The molecular formula is C29H27FN4O4. The number of halogens is 1. The molecular weight excluding hydrogens is 487 g/mol. The van der Waals surface area contributed by atoms with Gasteiger partial charge in [-0.1, -0.05) is 0 Å². The summed E-state index contributed by atoms with van der Waals surface area (Å²) in [4.78, 5) is 34.3. The summed E-state index contributed by atoms with van der Waals surface area (Å²) in [6, 6.07) is 14.4. The summed E-state index contributed by atoms with van der Waals surface area (Å²) >= 11 is 0. The number of aliphatic hydroxyl groups is 1. The average molecular weight is 515 g/mol. The lowest BCUT2D eigenvalue weighted by molar-refractivity contribution is -0.123. The zero-order chi connectivity index (χ0) is 27.2. The number of rotatable bonds is 6. The molecule has 38 heavy (non-hydrogen) atoms. The molecule has 8 nitrogen and oxygen atoms in total. The van der Waals surface area contributed by atoms with E-state index in [9.17, 15) is 19.1 Å². The molecule has 9 heteroatoms. The minimum Gasteiger partial charge on any atom is -0.489 e. The van der Waals surface area contributed by atoms with Crippen molar-refractivity contribution in [3.8, 4) is 17.0 Å². The first-order valence-electron chi connectivity index (χ1n) is 12.1. The molecule has 1 aliphatic rings. The monoisotopic (exact) mass is 514 g/mol. The van der Waals surface area contributed by atoms with Gasteiger partial charge in [0.25, 0.3) is 5.91 Å². The molecule has 4 aromatic rings. The Labute approximate surface area is 218 Å². The van der Waals surface area contributed by atoms with Crippen LogP contribution in [0.2, 0.25) is 0 Å². The maximum atomic E-state index is 13.6. The lowest BCUT2D eigenvalue weighted by Crippen LogP contribution is -2.41. The molecule has 1 aliphatic heterocycles. The lowest BCUT2D eigenvalue weighted by Gasteiger charge is -2.26. The molecule has 2 atom stereocenters. The van der Waals surface area contributed by atoms with Gasteiger partial charge in [0.05, 0.1) is 17.8 Å². The van der Waals surface area contributed by atoms with Gasteiger partial charge in [0, 0.05) is 28.3 Å². The van der Waals surface area contributed by atoms with Crippen LogP contribution in [0.3, 0.4) is 0 Å². The molecule has 194 valence electrons. The highest BCUT2D eigenvalue weighted by Crippen LogP contribution is 2.45. The van der Waals surface area contributed by atoms with Gasteiger partial charge in [-0.25, -0.2) is 9.37 Å². The third-order valence-electron chi connectivity index (χ3n) is 6.96. The quantitative estimate of drug-likeness (QED) is 0.361. The number of aryl methyl sites for hydroxylation is 1. The SMILES string of the molecule is Cc1cnc2ccc(C(=O)NC[C@](C)(O)c3cc4c(c(-c5ccc(F)cc5)n3)OC[C@]4(C)C(N)=O)cc2c1. The third kappa shape index (κ3) is 4.45. The fourth-order valence-corrected chi connectivity index (χ4v) is 4.49. The third-order valence-corrected chi connectivity index (χ3v) is 6.96. The van der Waals surface area contributed by atoms with Crippen LogP contribution in [0, 0.1) is 12.7 Å². The number of pyridine rings is 2. The smallest absolute Gasteiger partial charge is 0.251 e. The first kappa shape index (κ1) is 25.3. The Bertz CT molecular complexity index is 1590. The Morgan fingerprint density at radius 2 is 1.92 bits per heavy atom. The van der Waals surface area contributed by atoms with Gasteiger partial charge >= 0.3 is 0 Å². The van der Waals surface area contributed by atoms with E-state index in [4.69, 9.17) is 10.5 Å².